The van der Waals surface area contributed by atoms with Crippen LogP contribution < -0.4 is 0 Å². The highest BCUT2D eigenvalue weighted by Gasteiger charge is 2.13. The fraction of sp³-hybridized carbons (Fsp3) is 0.125. The fourth-order valence-electron chi connectivity index (χ4n) is 2.07. The maximum absolute atomic E-state index is 12.1. The van der Waals surface area contributed by atoms with Gasteiger partial charge in [0.05, 0.1) is 6.26 Å². The minimum absolute atomic E-state index is 0.0811. The van der Waals surface area contributed by atoms with E-state index in [1.54, 1.807) is 36.6 Å². The summed E-state index contributed by atoms with van der Waals surface area (Å²) in [6, 6.07) is 8.67. The number of fused-ring (bicyclic) bond motifs is 1. The number of Topliss-reactive ketones (excluding diaryl/α,β-unsaturated/α-hetero) is 2. The normalized spacial score (nSPS) is 10.7. The minimum Gasteiger partial charge on any atom is -0.464 e. The van der Waals surface area contributed by atoms with Crippen molar-refractivity contribution in [2.45, 2.75) is 12.8 Å². The molecule has 0 unspecified atom stereocenters. The van der Waals surface area contributed by atoms with E-state index in [0.717, 1.165) is 11.0 Å². The number of benzene rings is 1. The van der Waals surface area contributed by atoms with Gasteiger partial charge < -0.3 is 4.42 Å². The summed E-state index contributed by atoms with van der Waals surface area (Å²) in [5.41, 5.74) is 1.31. The molecule has 1 aromatic carbocycles. The maximum atomic E-state index is 12.1. The van der Waals surface area contributed by atoms with E-state index in [9.17, 15) is 9.59 Å². The van der Waals surface area contributed by atoms with Crippen LogP contribution in [0.15, 0.2) is 53.4 Å². The topological polar surface area (TPSA) is 73.1 Å². The Hall–Kier alpha value is -2.82. The van der Waals surface area contributed by atoms with E-state index in [1.165, 1.54) is 12.4 Å². The molecule has 0 aliphatic heterocycles. The minimum atomic E-state index is -0.228. The predicted molar refractivity (Wildman–Crippen MR) is 76.1 cm³/mol. The summed E-state index contributed by atoms with van der Waals surface area (Å²) in [4.78, 5) is 31.7. The van der Waals surface area contributed by atoms with Crippen molar-refractivity contribution in [1.29, 1.82) is 0 Å². The number of carbonyl (C=O) groups is 2. The number of rotatable bonds is 5. The molecule has 0 bridgehead atoms. The van der Waals surface area contributed by atoms with Crippen molar-refractivity contribution in [2.75, 3.05) is 0 Å². The van der Waals surface area contributed by atoms with Crippen molar-refractivity contribution in [3.8, 4) is 0 Å². The van der Waals surface area contributed by atoms with Crippen LogP contribution in [0.25, 0.3) is 11.0 Å². The molecule has 5 heteroatoms. The molecule has 3 aromatic rings. The van der Waals surface area contributed by atoms with Crippen LogP contribution in [0, 0.1) is 0 Å². The van der Waals surface area contributed by atoms with E-state index in [1.807, 2.05) is 0 Å². The monoisotopic (exact) mass is 280 g/mol. The van der Waals surface area contributed by atoms with E-state index in [4.69, 9.17) is 4.42 Å². The lowest BCUT2D eigenvalue weighted by atomic mass is 10.0. The molecule has 0 fully saturated rings. The first-order valence-electron chi connectivity index (χ1n) is 6.55. The van der Waals surface area contributed by atoms with Crippen molar-refractivity contribution in [2.24, 2.45) is 0 Å². The van der Waals surface area contributed by atoms with Crippen LogP contribution in [-0.2, 0) is 0 Å². The Balaban J connectivity index is 1.67. The molecule has 3 rings (SSSR count). The Morgan fingerprint density at radius 2 is 1.76 bits per heavy atom. The van der Waals surface area contributed by atoms with Crippen LogP contribution in [0.2, 0.25) is 0 Å². The molecular formula is C16H12N2O3. The van der Waals surface area contributed by atoms with E-state index in [-0.39, 0.29) is 30.2 Å². The highest BCUT2D eigenvalue weighted by Crippen LogP contribution is 2.18. The Morgan fingerprint density at radius 1 is 1.00 bits per heavy atom. The third-order valence-electron chi connectivity index (χ3n) is 3.17. The van der Waals surface area contributed by atoms with Crippen LogP contribution in [0.5, 0.6) is 0 Å². The van der Waals surface area contributed by atoms with Gasteiger partial charge in [0.1, 0.15) is 5.58 Å². The summed E-state index contributed by atoms with van der Waals surface area (Å²) >= 11 is 0. The lowest BCUT2D eigenvalue weighted by Gasteiger charge is -2.01. The number of ketones is 2. The smallest absolute Gasteiger partial charge is 0.200 e. The third kappa shape index (κ3) is 2.86. The van der Waals surface area contributed by atoms with Gasteiger partial charge in [-0.1, -0.05) is 0 Å². The first kappa shape index (κ1) is 13.2. The molecule has 5 nitrogen and oxygen atoms in total. The Bertz CT molecular complexity index is 793. The van der Waals surface area contributed by atoms with Gasteiger partial charge in [-0.05, 0) is 30.3 Å². The summed E-state index contributed by atoms with van der Waals surface area (Å²) < 4.78 is 5.23. The third-order valence-corrected chi connectivity index (χ3v) is 3.17. The van der Waals surface area contributed by atoms with Crippen LogP contribution in [-0.4, -0.2) is 21.5 Å². The van der Waals surface area contributed by atoms with Gasteiger partial charge in [-0.2, -0.15) is 0 Å². The van der Waals surface area contributed by atoms with Crippen molar-refractivity contribution in [1.82, 2.24) is 9.97 Å². The van der Waals surface area contributed by atoms with Gasteiger partial charge in [0, 0.05) is 36.2 Å². The SMILES string of the molecule is O=C(CCC(=O)c1ncccn1)c1ccc2occc2c1. The van der Waals surface area contributed by atoms with Gasteiger partial charge in [-0.3, -0.25) is 9.59 Å². The Morgan fingerprint density at radius 3 is 2.57 bits per heavy atom. The van der Waals surface area contributed by atoms with Gasteiger partial charge in [0.2, 0.25) is 0 Å². The molecule has 0 atom stereocenters. The van der Waals surface area contributed by atoms with E-state index >= 15 is 0 Å². The molecule has 0 saturated carbocycles. The van der Waals surface area contributed by atoms with E-state index in [0.29, 0.717) is 5.56 Å². The predicted octanol–water partition coefficient (Wildman–Crippen LogP) is 3.07. The second-order valence-corrected chi connectivity index (χ2v) is 4.59. The molecule has 0 aliphatic rings. The van der Waals surface area contributed by atoms with Gasteiger partial charge in [-0.15, -0.1) is 0 Å². The van der Waals surface area contributed by atoms with Crippen molar-refractivity contribution >= 4 is 22.5 Å². The number of hydrogen-bond acceptors (Lipinski definition) is 5. The van der Waals surface area contributed by atoms with Crippen molar-refractivity contribution in [3.05, 3.63) is 60.4 Å². The summed E-state index contributed by atoms with van der Waals surface area (Å²) in [6.45, 7) is 0. The summed E-state index contributed by atoms with van der Waals surface area (Å²) in [5.74, 6) is -0.161. The second kappa shape index (κ2) is 5.66. The zero-order chi connectivity index (χ0) is 14.7. The molecule has 2 aromatic heterocycles. The molecule has 21 heavy (non-hydrogen) atoms. The largest absolute Gasteiger partial charge is 0.464 e. The number of furan rings is 1. The van der Waals surface area contributed by atoms with Gasteiger partial charge in [0.15, 0.2) is 17.4 Å². The molecule has 0 aliphatic carbocycles. The Kier molecular flexibility index (Phi) is 3.55. The molecule has 0 radical (unpaired) electrons. The first-order valence-corrected chi connectivity index (χ1v) is 6.55. The van der Waals surface area contributed by atoms with E-state index < -0.39 is 0 Å². The second-order valence-electron chi connectivity index (χ2n) is 4.59. The highest BCUT2D eigenvalue weighted by atomic mass is 16.3. The number of aromatic nitrogens is 2. The Labute approximate surface area is 120 Å². The lowest BCUT2D eigenvalue weighted by Crippen LogP contribution is -2.08. The number of nitrogens with zero attached hydrogens (tertiary/aromatic N) is 2. The molecule has 104 valence electrons. The molecule has 0 amide bonds. The number of hydrogen-bond donors (Lipinski definition) is 0. The van der Waals surface area contributed by atoms with Crippen LogP contribution in [0.4, 0.5) is 0 Å². The molecule has 0 saturated heterocycles. The zero-order valence-corrected chi connectivity index (χ0v) is 11.2. The quantitative estimate of drug-likeness (QED) is 0.671. The fourth-order valence-corrected chi connectivity index (χ4v) is 2.07. The van der Waals surface area contributed by atoms with Crippen LogP contribution >= 0.6 is 0 Å². The summed E-state index contributed by atoms with van der Waals surface area (Å²) in [7, 11) is 0. The number of carbonyl (C=O) groups excluding carboxylic acids is 2. The zero-order valence-electron chi connectivity index (χ0n) is 11.2. The van der Waals surface area contributed by atoms with Gasteiger partial charge >= 0.3 is 0 Å². The molecular weight excluding hydrogens is 268 g/mol. The summed E-state index contributed by atoms with van der Waals surface area (Å²) in [6.07, 6.45) is 4.84. The van der Waals surface area contributed by atoms with Gasteiger partial charge in [0.25, 0.3) is 0 Å². The first-order chi connectivity index (χ1) is 10.2. The van der Waals surface area contributed by atoms with Crippen LogP contribution in [0.1, 0.15) is 33.8 Å². The molecule has 2 heterocycles. The molecule has 0 N–H and O–H groups in total. The van der Waals surface area contributed by atoms with E-state index in [2.05, 4.69) is 9.97 Å². The van der Waals surface area contributed by atoms with Crippen molar-refractivity contribution < 1.29 is 14.0 Å². The molecule has 0 spiro atoms. The van der Waals surface area contributed by atoms with Crippen LogP contribution in [0.3, 0.4) is 0 Å². The lowest BCUT2D eigenvalue weighted by molar-refractivity contribution is 0.0912. The maximum Gasteiger partial charge on any atom is 0.200 e. The average Bonchev–Trinajstić information content (AvgIpc) is 3.00. The average molecular weight is 280 g/mol. The van der Waals surface area contributed by atoms with Crippen molar-refractivity contribution in [3.63, 3.8) is 0 Å². The standard InChI is InChI=1S/C16H12N2O3/c19-13(3-4-14(20)16-17-7-1-8-18-16)11-2-5-15-12(10-11)6-9-21-15/h1-2,5-10H,3-4H2. The van der Waals surface area contributed by atoms with Gasteiger partial charge in [-0.25, -0.2) is 9.97 Å². The highest BCUT2D eigenvalue weighted by molar-refractivity contribution is 6.02. The summed E-state index contributed by atoms with van der Waals surface area (Å²) in [5, 5.41) is 0.874.